The van der Waals surface area contributed by atoms with Gasteiger partial charge in [-0.15, -0.1) is 11.6 Å². The Balaban J connectivity index is 2.40. The van der Waals surface area contributed by atoms with Crippen LogP contribution in [0.1, 0.15) is 23.7 Å². The molecule has 0 fully saturated rings. The molecule has 0 bridgehead atoms. The Hall–Kier alpha value is -1.39. The number of ether oxygens (including phenoxy) is 1. The van der Waals surface area contributed by atoms with Crippen molar-refractivity contribution in [3.8, 4) is 0 Å². The molecule has 0 radical (unpaired) electrons. The van der Waals surface area contributed by atoms with Gasteiger partial charge in [-0.25, -0.2) is 0 Å². The van der Waals surface area contributed by atoms with Crippen LogP contribution in [0, 0.1) is 0 Å². The monoisotopic (exact) mass is 267 g/mol. The number of hydrogen-bond donors (Lipinski definition) is 1. The second kappa shape index (κ2) is 5.08. The number of nitrogens with one attached hydrogen (secondary N) is 1. The van der Waals surface area contributed by atoms with Crippen LogP contribution < -0.4 is 5.32 Å². The number of hydrogen-bond acceptors (Lipinski definition) is 3. The zero-order valence-corrected chi connectivity index (χ0v) is 10.8. The quantitative estimate of drug-likeness (QED) is 0.794. The highest BCUT2D eigenvalue weighted by atomic mass is 35.5. The van der Waals surface area contributed by atoms with Gasteiger partial charge < -0.3 is 10.1 Å². The van der Waals surface area contributed by atoms with E-state index in [2.05, 4.69) is 5.32 Å². The number of Topliss-reactive ketones (excluding diaryl/α,β-unsaturated/α-hetero) is 1. The number of carbonyl (C=O) groups excluding carboxylic acids is 2. The molecule has 1 amide bonds. The second-order valence-corrected chi connectivity index (χ2v) is 4.65. The lowest BCUT2D eigenvalue weighted by Crippen LogP contribution is -2.44. The Labute approximate surface area is 110 Å². The Morgan fingerprint density at radius 3 is 2.83 bits per heavy atom. The predicted molar refractivity (Wildman–Crippen MR) is 69.1 cm³/mol. The van der Waals surface area contributed by atoms with Gasteiger partial charge in [0, 0.05) is 12.0 Å². The highest BCUT2D eigenvalue weighted by Gasteiger charge is 2.35. The third kappa shape index (κ3) is 2.40. The molecule has 1 aromatic rings. The first kappa shape index (κ1) is 13.1. The normalized spacial score (nSPS) is 24.6. The summed E-state index contributed by atoms with van der Waals surface area (Å²) in [5.41, 5.74) is -0.0955. The first-order valence-electron chi connectivity index (χ1n) is 5.70. The molecule has 1 heterocycles. The standard InChI is InChI=1S/C13H14ClNO3/c1-13(8-14)12(17)15-10-5-3-2-4-9(10)11(16)6-7-18-13/h2-5H,6-8H2,1H3,(H,15,17). The topological polar surface area (TPSA) is 55.4 Å². The Morgan fingerprint density at radius 1 is 1.39 bits per heavy atom. The Kier molecular flexibility index (Phi) is 3.68. The Bertz CT molecular complexity index is 489. The first-order valence-corrected chi connectivity index (χ1v) is 6.24. The van der Waals surface area contributed by atoms with Crippen LogP contribution in [0.15, 0.2) is 24.3 Å². The van der Waals surface area contributed by atoms with E-state index in [1.807, 2.05) is 0 Å². The summed E-state index contributed by atoms with van der Waals surface area (Å²) >= 11 is 5.79. The number of halogens is 1. The summed E-state index contributed by atoms with van der Waals surface area (Å²) in [5, 5.41) is 2.71. The fourth-order valence-electron chi connectivity index (χ4n) is 1.76. The molecule has 18 heavy (non-hydrogen) atoms. The molecule has 1 aromatic carbocycles. The van der Waals surface area contributed by atoms with Crippen LogP contribution in [0.2, 0.25) is 0 Å². The lowest BCUT2D eigenvalue weighted by Gasteiger charge is -2.25. The summed E-state index contributed by atoms with van der Waals surface area (Å²) in [6.45, 7) is 1.80. The smallest absolute Gasteiger partial charge is 0.257 e. The van der Waals surface area contributed by atoms with Gasteiger partial charge in [0.1, 0.15) is 0 Å². The van der Waals surface area contributed by atoms with Crippen molar-refractivity contribution in [1.29, 1.82) is 0 Å². The van der Waals surface area contributed by atoms with Gasteiger partial charge in [0.05, 0.1) is 18.2 Å². The lowest BCUT2D eigenvalue weighted by atomic mass is 10.1. The van der Waals surface area contributed by atoms with E-state index in [1.54, 1.807) is 31.2 Å². The summed E-state index contributed by atoms with van der Waals surface area (Å²) in [6.07, 6.45) is 0.235. The average molecular weight is 268 g/mol. The largest absolute Gasteiger partial charge is 0.364 e. The van der Waals surface area contributed by atoms with Crippen molar-refractivity contribution in [2.75, 3.05) is 17.8 Å². The maximum Gasteiger partial charge on any atom is 0.257 e. The van der Waals surface area contributed by atoms with E-state index in [4.69, 9.17) is 16.3 Å². The van der Waals surface area contributed by atoms with E-state index in [9.17, 15) is 9.59 Å². The maximum absolute atomic E-state index is 12.1. The van der Waals surface area contributed by atoms with E-state index in [-0.39, 0.29) is 30.6 Å². The molecule has 0 aliphatic carbocycles. The number of anilines is 1. The van der Waals surface area contributed by atoms with Gasteiger partial charge in [-0.2, -0.15) is 0 Å². The van der Waals surface area contributed by atoms with Crippen LogP contribution in [0.5, 0.6) is 0 Å². The van der Waals surface area contributed by atoms with E-state index >= 15 is 0 Å². The van der Waals surface area contributed by atoms with Gasteiger partial charge in [0.25, 0.3) is 5.91 Å². The summed E-state index contributed by atoms with van der Waals surface area (Å²) in [7, 11) is 0. The van der Waals surface area contributed by atoms with Crippen molar-refractivity contribution in [3.05, 3.63) is 29.8 Å². The van der Waals surface area contributed by atoms with Crippen molar-refractivity contribution in [1.82, 2.24) is 0 Å². The molecule has 0 aromatic heterocycles. The molecule has 4 nitrogen and oxygen atoms in total. The van der Waals surface area contributed by atoms with Crippen LogP contribution in [-0.2, 0) is 9.53 Å². The summed E-state index contributed by atoms with van der Waals surface area (Å²) in [5.74, 6) is -0.348. The minimum absolute atomic E-state index is 0.0369. The third-order valence-corrected chi connectivity index (χ3v) is 3.47. The molecule has 1 N–H and O–H groups in total. The van der Waals surface area contributed by atoms with Crippen LogP contribution in [0.3, 0.4) is 0 Å². The van der Waals surface area contributed by atoms with Gasteiger partial charge in [-0.3, -0.25) is 9.59 Å². The van der Waals surface area contributed by atoms with Crippen molar-refractivity contribution >= 4 is 29.0 Å². The molecule has 1 unspecified atom stereocenters. The number of carbonyl (C=O) groups is 2. The fourth-order valence-corrected chi connectivity index (χ4v) is 1.96. The number of amides is 1. The minimum atomic E-state index is -1.11. The second-order valence-electron chi connectivity index (χ2n) is 4.39. The molecule has 2 rings (SSSR count). The molecule has 0 spiro atoms. The molecule has 1 aliphatic rings. The SMILES string of the molecule is CC1(CCl)OCCC(=O)c2ccccc2NC1=O. The highest BCUT2D eigenvalue weighted by molar-refractivity contribution is 6.21. The number of ketones is 1. The highest BCUT2D eigenvalue weighted by Crippen LogP contribution is 2.23. The van der Waals surface area contributed by atoms with E-state index < -0.39 is 5.60 Å². The molecule has 96 valence electrons. The molecule has 1 aliphatic heterocycles. The summed E-state index contributed by atoms with van der Waals surface area (Å²) in [4.78, 5) is 24.1. The van der Waals surface area contributed by atoms with Gasteiger partial charge >= 0.3 is 0 Å². The number of fused-ring (bicyclic) bond motifs is 1. The minimum Gasteiger partial charge on any atom is -0.364 e. The molecule has 0 saturated carbocycles. The van der Waals surface area contributed by atoms with E-state index in [1.165, 1.54) is 0 Å². The number of benzene rings is 1. The average Bonchev–Trinajstić information content (AvgIpc) is 2.42. The van der Waals surface area contributed by atoms with Crippen LogP contribution >= 0.6 is 11.6 Å². The molecular weight excluding hydrogens is 254 g/mol. The summed E-state index contributed by atoms with van der Waals surface area (Å²) in [6, 6.07) is 6.93. The number of para-hydroxylation sites is 1. The molecule has 1 atom stereocenters. The van der Waals surface area contributed by atoms with Crippen molar-refractivity contribution < 1.29 is 14.3 Å². The van der Waals surface area contributed by atoms with E-state index in [0.29, 0.717) is 11.3 Å². The van der Waals surface area contributed by atoms with E-state index in [0.717, 1.165) is 0 Å². The van der Waals surface area contributed by atoms with Crippen LogP contribution in [0.25, 0.3) is 0 Å². The molecule has 0 saturated heterocycles. The van der Waals surface area contributed by atoms with Crippen molar-refractivity contribution in [3.63, 3.8) is 0 Å². The number of alkyl halides is 1. The maximum atomic E-state index is 12.1. The third-order valence-electron chi connectivity index (χ3n) is 2.96. The van der Waals surface area contributed by atoms with Crippen molar-refractivity contribution in [2.24, 2.45) is 0 Å². The summed E-state index contributed by atoms with van der Waals surface area (Å²) < 4.78 is 5.45. The fraction of sp³-hybridized carbons (Fsp3) is 0.385. The first-order chi connectivity index (χ1) is 8.57. The predicted octanol–water partition coefficient (Wildman–Crippen LogP) is 2.23. The van der Waals surface area contributed by atoms with Crippen LogP contribution in [-0.4, -0.2) is 29.8 Å². The zero-order valence-electron chi connectivity index (χ0n) is 10.0. The van der Waals surface area contributed by atoms with Gasteiger partial charge in [0.2, 0.25) is 0 Å². The van der Waals surface area contributed by atoms with Gasteiger partial charge in [-0.1, -0.05) is 12.1 Å². The molecular formula is C13H14ClNO3. The van der Waals surface area contributed by atoms with Gasteiger partial charge in [-0.05, 0) is 19.1 Å². The lowest BCUT2D eigenvalue weighted by molar-refractivity contribution is -0.136. The number of rotatable bonds is 1. The van der Waals surface area contributed by atoms with Gasteiger partial charge in [0.15, 0.2) is 11.4 Å². The molecule has 5 heteroatoms. The zero-order chi connectivity index (χ0) is 13.2. The van der Waals surface area contributed by atoms with Crippen LogP contribution in [0.4, 0.5) is 5.69 Å². The Morgan fingerprint density at radius 2 is 2.11 bits per heavy atom. The van der Waals surface area contributed by atoms with Crippen molar-refractivity contribution in [2.45, 2.75) is 18.9 Å².